The highest BCUT2D eigenvalue weighted by molar-refractivity contribution is 9.10. The van der Waals surface area contributed by atoms with Gasteiger partial charge in [-0.05, 0) is 28.1 Å². The maximum Gasteiger partial charge on any atom is 0.117 e. The summed E-state index contributed by atoms with van der Waals surface area (Å²) in [7, 11) is 1.88. The largest absolute Gasteiger partial charge is 0.325 e. The molecule has 0 amide bonds. The van der Waals surface area contributed by atoms with Gasteiger partial charge in [-0.1, -0.05) is 11.6 Å². The number of hydrogen-bond donors (Lipinski definition) is 1. The molecule has 3 nitrogen and oxygen atoms in total. The van der Waals surface area contributed by atoms with Crippen molar-refractivity contribution in [2.24, 2.45) is 12.8 Å². The van der Waals surface area contributed by atoms with Crippen LogP contribution in [0.3, 0.4) is 0 Å². The molecule has 2 rings (SSSR count). The molecule has 2 heterocycles. The van der Waals surface area contributed by atoms with Gasteiger partial charge in [-0.15, -0.1) is 11.3 Å². The fourth-order valence-corrected chi connectivity index (χ4v) is 3.23. The Labute approximate surface area is 105 Å². The maximum absolute atomic E-state index is 5.89. The Hall–Kier alpha value is -0.360. The van der Waals surface area contributed by atoms with E-state index in [4.69, 9.17) is 17.3 Å². The quantitative estimate of drug-likeness (QED) is 0.927. The van der Waals surface area contributed by atoms with Crippen molar-refractivity contribution in [3.05, 3.63) is 26.6 Å². The average molecular weight is 307 g/mol. The van der Waals surface area contributed by atoms with Gasteiger partial charge in [0.2, 0.25) is 0 Å². The fourth-order valence-electron chi connectivity index (χ4n) is 1.35. The molecule has 0 spiro atoms. The molecular formula is C9H9BrClN3S. The van der Waals surface area contributed by atoms with Gasteiger partial charge in [0, 0.05) is 13.6 Å². The number of nitrogens with zero attached hydrogens (tertiary/aromatic N) is 2. The molecule has 2 aromatic heterocycles. The molecule has 6 heteroatoms. The summed E-state index contributed by atoms with van der Waals surface area (Å²) in [4.78, 5) is 1.04. The van der Waals surface area contributed by atoms with Crippen molar-refractivity contribution in [2.45, 2.75) is 6.54 Å². The Bertz CT molecular complexity index is 492. The number of thiophene rings is 1. The van der Waals surface area contributed by atoms with Gasteiger partial charge >= 0.3 is 0 Å². The molecule has 0 aliphatic carbocycles. The van der Waals surface area contributed by atoms with Crippen molar-refractivity contribution in [1.29, 1.82) is 0 Å². The van der Waals surface area contributed by atoms with Crippen molar-refractivity contribution in [3.63, 3.8) is 0 Å². The summed E-state index contributed by atoms with van der Waals surface area (Å²) < 4.78 is 3.50. The molecule has 0 atom stereocenters. The lowest BCUT2D eigenvalue weighted by atomic mass is 10.3. The van der Waals surface area contributed by atoms with Crippen LogP contribution in [0.4, 0.5) is 0 Å². The average Bonchev–Trinajstić information content (AvgIpc) is 2.71. The second kappa shape index (κ2) is 4.25. The second-order valence-electron chi connectivity index (χ2n) is 3.04. The monoisotopic (exact) mass is 305 g/mol. The smallest absolute Gasteiger partial charge is 0.117 e. The van der Waals surface area contributed by atoms with Gasteiger partial charge in [0.15, 0.2) is 0 Å². The van der Waals surface area contributed by atoms with Crippen LogP contribution in [0.1, 0.15) is 5.69 Å². The zero-order valence-corrected chi connectivity index (χ0v) is 11.2. The highest BCUT2D eigenvalue weighted by Gasteiger charge is 2.15. The molecule has 15 heavy (non-hydrogen) atoms. The van der Waals surface area contributed by atoms with Crippen molar-refractivity contribution in [3.8, 4) is 10.6 Å². The van der Waals surface area contributed by atoms with Crippen LogP contribution < -0.4 is 5.73 Å². The molecule has 0 saturated carbocycles. The lowest BCUT2D eigenvalue weighted by Crippen LogP contribution is -2.04. The second-order valence-corrected chi connectivity index (χ2v) is 5.55. The molecule has 0 fully saturated rings. The summed E-state index contributed by atoms with van der Waals surface area (Å²) in [6, 6.07) is 3.82. The maximum atomic E-state index is 5.89. The van der Waals surface area contributed by atoms with Crippen molar-refractivity contribution >= 4 is 38.9 Å². The van der Waals surface area contributed by atoms with Crippen LogP contribution in [0.25, 0.3) is 10.6 Å². The van der Waals surface area contributed by atoms with Crippen molar-refractivity contribution < 1.29 is 0 Å². The van der Waals surface area contributed by atoms with E-state index in [1.54, 1.807) is 4.68 Å². The molecule has 2 N–H and O–H groups in total. The first-order valence-corrected chi connectivity index (χ1v) is 6.29. The van der Waals surface area contributed by atoms with Crippen molar-refractivity contribution in [2.75, 3.05) is 0 Å². The Morgan fingerprint density at radius 1 is 1.60 bits per heavy atom. The minimum Gasteiger partial charge on any atom is -0.325 e. The summed E-state index contributed by atoms with van der Waals surface area (Å²) in [5, 5.41) is 4.41. The van der Waals surface area contributed by atoms with Crippen LogP contribution in [0, 0.1) is 0 Å². The normalized spacial score (nSPS) is 10.9. The molecule has 0 bridgehead atoms. The Balaban J connectivity index is 2.54. The zero-order chi connectivity index (χ0) is 11.0. The lowest BCUT2D eigenvalue weighted by Gasteiger charge is -1.95. The zero-order valence-electron chi connectivity index (χ0n) is 8.00. The van der Waals surface area contributed by atoms with Crippen LogP contribution in [-0.4, -0.2) is 9.78 Å². The molecular weight excluding hydrogens is 298 g/mol. The van der Waals surface area contributed by atoms with Gasteiger partial charge in [-0.2, -0.15) is 5.10 Å². The SMILES string of the molecule is Cn1nc(-c2ccc(Cl)s2)c(Br)c1CN. The van der Waals surface area contributed by atoms with Crippen LogP contribution in [0.2, 0.25) is 4.34 Å². The van der Waals surface area contributed by atoms with Gasteiger partial charge in [-0.3, -0.25) is 4.68 Å². The van der Waals surface area contributed by atoms with Crippen LogP contribution >= 0.6 is 38.9 Å². The summed E-state index contributed by atoms with van der Waals surface area (Å²) in [5.41, 5.74) is 7.51. The third-order valence-electron chi connectivity index (χ3n) is 2.10. The van der Waals surface area contributed by atoms with Crippen LogP contribution in [0.15, 0.2) is 16.6 Å². The molecule has 0 unspecified atom stereocenters. The predicted octanol–water partition coefficient (Wildman–Crippen LogP) is 3.02. The van der Waals surface area contributed by atoms with Crippen LogP contribution in [0.5, 0.6) is 0 Å². The first-order chi connectivity index (χ1) is 7.13. The standard InChI is InChI=1S/C9H9BrClN3S/c1-14-5(4-12)8(10)9(13-14)6-2-3-7(11)15-6/h2-3H,4,12H2,1H3. The predicted molar refractivity (Wildman–Crippen MR) is 67.1 cm³/mol. The number of nitrogens with two attached hydrogens (primary N) is 1. The van der Waals surface area contributed by atoms with E-state index in [9.17, 15) is 0 Å². The highest BCUT2D eigenvalue weighted by Crippen LogP contribution is 2.35. The van der Waals surface area contributed by atoms with Gasteiger partial charge in [0.25, 0.3) is 0 Å². The van der Waals surface area contributed by atoms with E-state index in [0.29, 0.717) is 6.54 Å². The topological polar surface area (TPSA) is 43.8 Å². The Kier molecular flexibility index (Phi) is 3.16. The van der Waals surface area contributed by atoms with E-state index >= 15 is 0 Å². The first-order valence-electron chi connectivity index (χ1n) is 4.30. The van der Waals surface area contributed by atoms with Gasteiger partial charge in [0.1, 0.15) is 5.69 Å². The number of rotatable bonds is 2. The Morgan fingerprint density at radius 3 is 2.80 bits per heavy atom. The molecule has 0 radical (unpaired) electrons. The fraction of sp³-hybridized carbons (Fsp3) is 0.222. The van der Waals surface area contributed by atoms with E-state index < -0.39 is 0 Å². The summed E-state index contributed by atoms with van der Waals surface area (Å²) in [5.74, 6) is 0. The minimum atomic E-state index is 0.461. The van der Waals surface area contributed by atoms with E-state index in [1.165, 1.54) is 11.3 Å². The van der Waals surface area contributed by atoms with Gasteiger partial charge in [-0.25, -0.2) is 0 Å². The third-order valence-corrected chi connectivity index (χ3v) is 4.17. The van der Waals surface area contributed by atoms with E-state index in [0.717, 1.165) is 25.1 Å². The molecule has 0 aliphatic rings. The van der Waals surface area contributed by atoms with Gasteiger partial charge in [0.05, 0.1) is 19.4 Å². The van der Waals surface area contributed by atoms with E-state index in [1.807, 2.05) is 19.2 Å². The molecule has 80 valence electrons. The van der Waals surface area contributed by atoms with Gasteiger partial charge < -0.3 is 5.73 Å². The minimum absolute atomic E-state index is 0.461. The molecule has 2 aromatic rings. The Morgan fingerprint density at radius 2 is 2.33 bits per heavy atom. The molecule has 0 aromatic carbocycles. The first kappa shape index (κ1) is 11.1. The third kappa shape index (κ3) is 1.97. The molecule has 0 saturated heterocycles. The summed E-state index contributed by atoms with van der Waals surface area (Å²) in [6.07, 6.45) is 0. The van der Waals surface area contributed by atoms with Crippen LogP contribution in [-0.2, 0) is 13.6 Å². The van der Waals surface area contributed by atoms with Crippen molar-refractivity contribution in [1.82, 2.24) is 9.78 Å². The summed E-state index contributed by atoms with van der Waals surface area (Å²) in [6.45, 7) is 0.461. The summed E-state index contributed by atoms with van der Waals surface area (Å²) >= 11 is 10.9. The number of hydrogen-bond acceptors (Lipinski definition) is 3. The number of halogens is 2. The number of aromatic nitrogens is 2. The number of aryl methyl sites for hydroxylation is 1. The molecule has 0 aliphatic heterocycles. The van der Waals surface area contributed by atoms with E-state index in [2.05, 4.69) is 21.0 Å². The lowest BCUT2D eigenvalue weighted by molar-refractivity contribution is 0.713. The van der Waals surface area contributed by atoms with E-state index in [-0.39, 0.29) is 0 Å². The highest BCUT2D eigenvalue weighted by atomic mass is 79.9.